The molecular formula is C23H22O3. The quantitative estimate of drug-likeness (QED) is 0.297. The number of hydrogen-bond acceptors (Lipinski definition) is 3. The third-order valence-electron chi connectivity index (χ3n) is 3.90. The summed E-state index contributed by atoms with van der Waals surface area (Å²) in [6.45, 7) is 1.91. The first kappa shape index (κ1) is 19.2. The van der Waals surface area contributed by atoms with Crippen LogP contribution in [0.15, 0.2) is 72.3 Å². The van der Waals surface area contributed by atoms with Crippen molar-refractivity contribution >= 4 is 11.8 Å². The molecule has 0 spiro atoms. The molecule has 0 bridgehead atoms. The highest BCUT2D eigenvalue weighted by Gasteiger charge is 2.14. The number of Topliss-reactive ketones (excluding diaryl/α,β-unsaturated/α-hetero) is 1. The largest absolute Gasteiger partial charge is 0.454 e. The summed E-state index contributed by atoms with van der Waals surface area (Å²) in [5.41, 5.74) is 2.16. The van der Waals surface area contributed by atoms with Gasteiger partial charge in [0.25, 0.3) is 0 Å². The lowest BCUT2D eigenvalue weighted by atomic mass is 10.0. The van der Waals surface area contributed by atoms with Crippen molar-refractivity contribution in [2.75, 3.05) is 0 Å². The molecule has 0 N–H and O–H groups in total. The molecule has 0 aliphatic heterocycles. The molecule has 0 radical (unpaired) electrons. The van der Waals surface area contributed by atoms with E-state index in [4.69, 9.17) is 11.2 Å². The van der Waals surface area contributed by atoms with Gasteiger partial charge in [-0.2, -0.15) is 0 Å². The number of hydrogen-bond donors (Lipinski definition) is 0. The van der Waals surface area contributed by atoms with Gasteiger partial charge in [0.1, 0.15) is 6.10 Å². The standard InChI is InChI=1S/C23H22O3/c1-3-10-21(26-23(25)20-13-8-5-9-14-20)17-18(2)15-16-22(24)19-11-6-4-7-12-19/h1,4-9,11-14,17,21H,10,15-16H2,2H3/b18-17-. The van der Waals surface area contributed by atoms with E-state index in [1.54, 1.807) is 24.3 Å². The summed E-state index contributed by atoms with van der Waals surface area (Å²) in [5.74, 6) is 2.22. The van der Waals surface area contributed by atoms with Crippen LogP contribution in [-0.2, 0) is 4.74 Å². The van der Waals surface area contributed by atoms with Gasteiger partial charge in [0.15, 0.2) is 5.78 Å². The topological polar surface area (TPSA) is 43.4 Å². The predicted octanol–water partition coefficient (Wildman–Crippen LogP) is 4.84. The number of esters is 1. The second-order valence-electron chi connectivity index (χ2n) is 6.02. The molecule has 0 aliphatic rings. The van der Waals surface area contributed by atoms with Gasteiger partial charge < -0.3 is 4.74 Å². The first-order valence-electron chi connectivity index (χ1n) is 8.55. The molecule has 1 atom stereocenters. The van der Waals surface area contributed by atoms with Gasteiger partial charge in [-0.05, 0) is 31.6 Å². The van der Waals surface area contributed by atoms with Gasteiger partial charge in [0.05, 0.1) is 5.56 Å². The molecule has 0 saturated heterocycles. The Labute approximate surface area is 154 Å². The van der Waals surface area contributed by atoms with Gasteiger partial charge in [-0.3, -0.25) is 4.79 Å². The van der Waals surface area contributed by atoms with Gasteiger partial charge in [0, 0.05) is 18.4 Å². The van der Waals surface area contributed by atoms with Gasteiger partial charge >= 0.3 is 5.97 Å². The molecule has 0 saturated carbocycles. The monoisotopic (exact) mass is 346 g/mol. The Hall–Kier alpha value is -3.12. The molecule has 0 fully saturated rings. The SMILES string of the molecule is C#CCC(/C=C(/C)CCC(=O)c1ccccc1)OC(=O)c1ccccc1. The van der Waals surface area contributed by atoms with E-state index in [-0.39, 0.29) is 5.78 Å². The predicted molar refractivity (Wildman–Crippen MR) is 103 cm³/mol. The van der Waals surface area contributed by atoms with Crippen molar-refractivity contribution in [1.29, 1.82) is 0 Å². The fourth-order valence-electron chi connectivity index (χ4n) is 2.51. The van der Waals surface area contributed by atoms with E-state index >= 15 is 0 Å². The van der Waals surface area contributed by atoms with Crippen LogP contribution in [0.4, 0.5) is 0 Å². The van der Waals surface area contributed by atoms with Gasteiger partial charge in [-0.1, -0.05) is 54.1 Å². The summed E-state index contributed by atoms with van der Waals surface area (Å²) in [6, 6.07) is 18.0. The Morgan fingerprint density at radius 1 is 1.00 bits per heavy atom. The van der Waals surface area contributed by atoms with Crippen LogP contribution in [0.25, 0.3) is 0 Å². The molecule has 2 aromatic rings. The Kier molecular flexibility index (Phi) is 7.39. The minimum absolute atomic E-state index is 0.0909. The smallest absolute Gasteiger partial charge is 0.338 e. The summed E-state index contributed by atoms with van der Waals surface area (Å²) in [7, 11) is 0. The number of ether oxygens (including phenoxy) is 1. The highest BCUT2D eigenvalue weighted by Crippen LogP contribution is 2.14. The highest BCUT2D eigenvalue weighted by molar-refractivity contribution is 5.96. The summed E-state index contributed by atoms with van der Waals surface area (Å²) in [6.07, 6.45) is 8.02. The van der Waals surface area contributed by atoms with Crippen molar-refractivity contribution < 1.29 is 14.3 Å². The molecule has 3 nitrogen and oxygen atoms in total. The second-order valence-corrected chi connectivity index (χ2v) is 6.02. The third-order valence-corrected chi connectivity index (χ3v) is 3.90. The summed E-state index contributed by atoms with van der Waals surface area (Å²) >= 11 is 0. The lowest BCUT2D eigenvalue weighted by Crippen LogP contribution is -2.16. The molecule has 0 aromatic heterocycles. The van der Waals surface area contributed by atoms with Gasteiger partial charge in [-0.25, -0.2) is 4.79 Å². The zero-order chi connectivity index (χ0) is 18.8. The third kappa shape index (κ3) is 6.07. The minimum atomic E-state index is -0.500. The Morgan fingerprint density at radius 2 is 1.58 bits per heavy atom. The molecule has 1 unspecified atom stereocenters. The van der Waals surface area contributed by atoms with Crippen LogP contribution in [0.2, 0.25) is 0 Å². The number of benzene rings is 2. The van der Waals surface area contributed by atoms with E-state index in [1.807, 2.05) is 49.4 Å². The zero-order valence-electron chi connectivity index (χ0n) is 14.9. The molecule has 0 aliphatic carbocycles. The molecule has 132 valence electrons. The molecule has 0 heterocycles. The van der Waals surface area contributed by atoms with Crippen LogP contribution in [0, 0.1) is 12.3 Å². The zero-order valence-corrected chi connectivity index (χ0v) is 14.9. The molecule has 0 amide bonds. The second kappa shape index (κ2) is 10.0. The normalized spacial score (nSPS) is 12.1. The molecule has 2 rings (SSSR count). The summed E-state index contributed by atoms with van der Waals surface area (Å²) in [4.78, 5) is 24.4. The van der Waals surface area contributed by atoms with Crippen molar-refractivity contribution in [3.05, 3.63) is 83.4 Å². The Balaban J connectivity index is 1.95. The Morgan fingerprint density at radius 3 is 2.15 bits per heavy atom. The number of allylic oxidation sites excluding steroid dienone is 1. The van der Waals surface area contributed by atoms with E-state index in [0.717, 1.165) is 5.57 Å². The summed E-state index contributed by atoms with van der Waals surface area (Å²) < 4.78 is 5.50. The number of terminal acetylenes is 1. The van der Waals surface area contributed by atoms with Crippen LogP contribution in [0.3, 0.4) is 0 Å². The van der Waals surface area contributed by atoms with Crippen molar-refractivity contribution in [2.24, 2.45) is 0 Å². The van der Waals surface area contributed by atoms with Crippen molar-refractivity contribution in [2.45, 2.75) is 32.3 Å². The van der Waals surface area contributed by atoms with Crippen LogP contribution in [0.1, 0.15) is 46.9 Å². The number of ketones is 1. The lowest BCUT2D eigenvalue weighted by molar-refractivity contribution is 0.0401. The van der Waals surface area contributed by atoms with Crippen molar-refractivity contribution in [1.82, 2.24) is 0 Å². The maximum absolute atomic E-state index is 12.2. The van der Waals surface area contributed by atoms with E-state index in [2.05, 4.69) is 5.92 Å². The fraction of sp³-hybridized carbons (Fsp3) is 0.217. The van der Waals surface area contributed by atoms with Crippen LogP contribution < -0.4 is 0 Å². The van der Waals surface area contributed by atoms with Crippen molar-refractivity contribution in [3.8, 4) is 12.3 Å². The van der Waals surface area contributed by atoms with E-state index in [1.165, 1.54) is 0 Å². The summed E-state index contributed by atoms with van der Waals surface area (Å²) in [5, 5.41) is 0. The van der Waals surface area contributed by atoms with E-state index < -0.39 is 12.1 Å². The fourth-order valence-corrected chi connectivity index (χ4v) is 2.51. The highest BCUT2D eigenvalue weighted by atomic mass is 16.5. The lowest BCUT2D eigenvalue weighted by Gasteiger charge is -2.13. The molecule has 2 aromatic carbocycles. The Bertz CT molecular complexity index is 798. The minimum Gasteiger partial charge on any atom is -0.454 e. The molecule has 3 heteroatoms. The number of rotatable bonds is 8. The van der Waals surface area contributed by atoms with Crippen LogP contribution >= 0.6 is 0 Å². The first-order valence-corrected chi connectivity index (χ1v) is 8.55. The van der Waals surface area contributed by atoms with Crippen LogP contribution in [0.5, 0.6) is 0 Å². The average molecular weight is 346 g/mol. The van der Waals surface area contributed by atoms with Crippen LogP contribution in [-0.4, -0.2) is 17.9 Å². The number of carbonyl (C=O) groups is 2. The average Bonchev–Trinajstić information content (AvgIpc) is 2.67. The number of carbonyl (C=O) groups excluding carboxylic acids is 2. The van der Waals surface area contributed by atoms with E-state index in [0.29, 0.717) is 30.4 Å². The van der Waals surface area contributed by atoms with Crippen molar-refractivity contribution in [3.63, 3.8) is 0 Å². The maximum atomic E-state index is 12.2. The van der Waals surface area contributed by atoms with E-state index in [9.17, 15) is 9.59 Å². The van der Waals surface area contributed by atoms with Gasteiger partial charge in [-0.15, -0.1) is 12.3 Å². The molecule has 26 heavy (non-hydrogen) atoms. The van der Waals surface area contributed by atoms with Gasteiger partial charge in [0.2, 0.25) is 0 Å². The molecular weight excluding hydrogens is 324 g/mol. The first-order chi connectivity index (χ1) is 12.6. The maximum Gasteiger partial charge on any atom is 0.338 e.